The van der Waals surface area contributed by atoms with Crippen LogP contribution in [0.4, 0.5) is 5.69 Å². The second-order valence-corrected chi connectivity index (χ2v) is 6.26. The Hall–Kier alpha value is -1.02. The van der Waals surface area contributed by atoms with E-state index < -0.39 is 0 Å². The molecule has 2 heterocycles. The normalized spacial score (nSPS) is 22.1. The van der Waals surface area contributed by atoms with Crippen molar-refractivity contribution in [3.63, 3.8) is 0 Å². The number of benzene rings is 1. The van der Waals surface area contributed by atoms with Crippen molar-refractivity contribution in [2.45, 2.75) is 39.0 Å². The van der Waals surface area contributed by atoms with Gasteiger partial charge in [0.15, 0.2) is 0 Å². The van der Waals surface area contributed by atoms with Crippen molar-refractivity contribution in [3.8, 4) is 0 Å². The van der Waals surface area contributed by atoms with E-state index in [1.165, 1.54) is 64.0 Å². The molecule has 0 bridgehead atoms. The number of hydrogen-bond acceptors (Lipinski definition) is 2. The maximum absolute atomic E-state index is 3.51. The van der Waals surface area contributed by atoms with Crippen LogP contribution < -0.4 is 10.2 Å². The van der Waals surface area contributed by atoms with Crippen LogP contribution in [0.1, 0.15) is 38.2 Å². The molecule has 1 aromatic carbocycles. The van der Waals surface area contributed by atoms with E-state index in [2.05, 4.69) is 41.4 Å². The Morgan fingerprint density at radius 1 is 1.21 bits per heavy atom. The van der Waals surface area contributed by atoms with E-state index >= 15 is 0 Å². The van der Waals surface area contributed by atoms with Gasteiger partial charge in [-0.2, -0.15) is 0 Å². The van der Waals surface area contributed by atoms with Crippen molar-refractivity contribution in [1.29, 1.82) is 0 Å². The summed E-state index contributed by atoms with van der Waals surface area (Å²) in [7, 11) is 0. The molecular weight excluding hydrogens is 232 g/mol. The molecule has 1 saturated heterocycles. The second kappa shape index (κ2) is 5.54. The van der Waals surface area contributed by atoms with Crippen LogP contribution in [0.3, 0.4) is 0 Å². The summed E-state index contributed by atoms with van der Waals surface area (Å²) in [6, 6.07) is 9.00. The molecular formula is C17H26N2. The number of piperidine rings is 1. The molecule has 0 atom stereocenters. The minimum atomic E-state index is 0.537. The maximum atomic E-state index is 3.51. The van der Waals surface area contributed by atoms with Gasteiger partial charge in [0.05, 0.1) is 0 Å². The number of fused-ring (bicyclic) bond motifs is 1. The quantitative estimate of drug-likeness (QED) is 0.895. The number of nitrogens with zero attached hydrogens (tertiary/aromatic N) is 1. The fraction of sp³-hybridized carbons (Fsp3) is 0.647. The van der Waals surface area contributed by atoms with Gasteiger partial charge in [0.25, 0.3) is 0 Å². The molecule has 0 saturated carbocycles. The van der Waals surface area contributed by atoms with Crippen molar-refractivity contribution in [2.24, 2.45) is 5.41 Å². The van der Waals surface area contributed by atoms with Gasteiger partial charge in [-0.25, -0.2) is 0 Å². The summed E-state index contributed by atoms with van der Waals surface area (Å²) in [5.74, 6) is 0. The molecule has 1 fully saturated rings. The molecule has 2 nitrogen and oxygen atoms in total. The van der Waals surface area contributed by atoms with Gasteiger partial charge in [-0.1, -0.05) is 25.1 Å². The molecule has 0 aliphatic carbocycles. The average molecular weight is 258 g/mol. The molecule has 2 heteroatoms. The zero-order chi connectivity index (χ0) is 13.1. The smallest absolute Gasteiger partial charge is 0.0398 e. The Labute approximate surface area is 117 Å². The Bertz CT molecular complexity index is 421. The monoisotopic (exact) mass is 258 g/mol. The summed E-state index contributed by atoms with van der Waals surface area (Å²) in [5, 5.41) is 3.51. The first-order chi connectivity index (χ1) is 9.33. The molecule has 0 radical (unpaired) electrons. The summed E-state index contributed by atoms with van der Waals surface area (Å²) in [6.07, 6.45) is 6.56. The first-order valence-electron chi connectivity index (χ1n) is 7.87. The highest BCUT2D eigenvalue weighted by Crippen LogP contribution is 2.37. The van der Waals surface area contributed by atoms with Gasteiger partial charge in [-0.05, 0) is 62.2 Å². The van der Waals surface area contributed by atoms with Gasteiger partial charge in [-0.3, -0.25) is 0 Å². The highest BCUT2D eigenvalue weighted by atomic mass is 15.1. The van der Waals surface area contributed by atoms with Crippen molar-refractivity contribution in [1.82, 2.24) is 5.32 Å². The number of hydrogen-bond donors (Lipinski definition) is 1. The summed E-state index contributed by atoms with van der Waals surface area (Å²) in [5.41, 5.74) is 3.59. The number of para-hydroxylation sites is 1. The lowest BCUT2D eigenvalue weighted by molar-refractivity contribution is 0.197. The molecule has 0 aromatic heterocycles. The first-order valence-corrected chi connectivity index (χ1v) is 7.87. The predicted octanol–water partition coefficient (Wildman–Crippen LogP) is 3.22. The molecule has 19 heavy (non-hydrogen) atoms. The zero-order valence-electron chi connectivity index (χ0n) is 12.1. The third-order valence-electron chi connectivity index (χ3n) is 5.15. The Morgan fingerprint density at radius 3 is 2.79 bits per heavy atom. The molecule has 1 aromatic rings. The van der Waals surface area contributed by atoms with Crippen LogP contribution in [-0.2, 0) is 6.42 Å². The molecule has 0 amide bonds. The molecule has 0 spiro atoms. The van der Waals surface area contributed by atoms with Gasteiger partial charge >= 0.3 is 0 Å². The second-order valence-electron chi connectivity index (χ2n) is 6.26. The van der Waals surface area contributed by atoms with E-state index in [-0.39, 0.29) is 0 Å². The van der Waals surface area contributed by atoms with E-state index in [0.29, 0.717) is 5.41 Å². The highest BCUT2D eigenvalue weighted by Gasteiger charge is 2.33. The van der Waals surface area contributed by atoms with Crippen LogP contribution in [0.5, 0.6) is 0 Å². The predicted molar refractivity (Wildman–Crippen MR) is 81.8 cm³/mol. The summed E-state index contributed by atoms with van der Waals surface area (Å²) in [6.45, 7) is 7.27. The SMILES string of the molecule is CCC1(CN2CCCc3ccccc32)CCNCC1. The van der Waals surface area contributed by atoms with Crippen LogP contribution in [0.15, 0.2) is 24.3 Å². The Kier molecular flexibility index (Phi) is 3.79. The van der Waals surface area contributed by atoms with Crippen molar-refractivity contribution in [3.05, 3.63) is 29.8 Å². The van der Waals surface area contributed by atoms with Crippen molar-refractivity contribution >= 4 is 5.69 Å². The fourth-order valence-electron chi connectivity index (χ4n) is 3.76. The molecule has 0 unspecified atom stereocenters. The zero-order valence-corrected chi connectivity index (χ0v) is 12.1. The summed E-state index contributed by atoms with van der Waals surface area (Å²) < 4.78 is 0. The topological polar surface area (TPSA) is 15.3 Å². The lowest BCUT2D eigenvalue weighted by Gasteiger charge is -2.43. The highest BCUT2D eigenvalue weighted by molar-refractivity contribution is 5.55. The van der Waals surface area contributed by atoms with E-state index in [9.17, 15) is 0 Å². The number of rotatable bonds is 3. The van der Waals surface area contributed by atoms with Crippen molar-refractivity contribution in [2.75, 3.05) is 31.1 Å². The summed E-state index contributed by atoms with van der Waals surface area (Å²) in [4.78, 5) is 2.66. The van der Waals surface area contributed by atoms with Crippen LogP contribution in [-0.4, -0.2) is 26.2 Å². The van der Waals surface area contributed by atoms with Crippen molar-refractivity contribution < 1.29 is 0 Å². The minimum Gasteiger partial charge on any atom is -0.371 e. The number of aryl methyl sites for hydroxylation is 1. The maximum Gasteiger partial charge on any atom is 0.0398 e. The van der Waals surface area contributed by atoms with Gasteiger partial charge < -0.3 is 10.2 Å². The van der Waals surface area contributed by atoms with Gasteiger partial charge in [0, 0.05) is 18.8 Å². The molecule has 2 aliphatic rings. The molecule has 3 rings (SSSR count). The van der Waals surface area contributed by atoms with E-state index in [0.717, 1.165) is 0 Å². The number of nitrogens with one attached hydrogen (secondary N) is 1. The molecule has 2 aliphatic heterocycles. The first kappa shape index (κ1) is 13.0. The third-order valence-corrected chi connectivity index (χ3v) is 5.15. The van der Waals surface area contributed by atoms with E-state index in [1.807, 2.05) is 0 Å². The fourth-order valence-corrected chi connectivity index (χ4v) is 3.76. The average Bonchev–Trinajstić information content (AvgIpc) is 2.49. The largest absolute Gasteiger partial charge is 0.371 e. The lowest BCUT2D eigenvalue weighted by atomic mass is 9.76. The van der Waals surface area contributed by atoms with E-state index in [4.69, 9.17) is 0 Å². The lowest BCUT2D eigenvalue weighted by Crippen LogP contribution is -2.45. The Morgan fingerprint density at radius 2 is 2.00 bits per heavy atom. The number of anilines is 1. The van der Waals surface area contributed by atoms with Gasteiger partial charge in [0.1, 0.15) is 0 Å². The van der Waals surface area contributed by atoms with Gasteiger partial charge in [-0.15, -0.1) is 0 Å². The minimum absolute atomic E-state index is 0.537. The van der Waals surface area contributed by atoms with Crippen LogP contribution in [0.25, 0.3) is 0 Å². The van der Waals surface area contributed by atoms with Gasteiger partial charge in [0.2, 0.25) is 0 Å². The molecule has 104 valence electrons. The van der Waals surface area contributed by atoms with Crippen LogP contribution in [0, 0.1) is 5.41 Å². The van der Waals surface area contributed by atoms with E-state index in [1.54, 1.807) is 5.56 Å². The summed E-state index contributed by atoms with van der Waals surface area (Å²) >= 11 is 0. The Balaban J connectivity index is 1.79. The molecule has 1 N–H and O–H groups in total. The van der Waals surface area contributed by atoms with Crippen LogP contribution in [0.2, 0.25) is 0 Å². The van der Waals surface area contributed by atoms with Crippen LogP contribution >= 0.6 is 0 Å². The standard InChI is InChI=1S/C17H26N2/c1-2-17(9-11-18-12-10-17)14-19-13-5-7-15-6-3-4-8-16(15)19/h3-4,6,8,18H,2,5,7,9-14H2,1H3. The third kappa shape index (κ3) is 2.64.